The zero-order valence-electron chi connectivity index (χ0n) is 15.8. The van der Waals surface area contributed by atoms with E-state index in [9.17, 15) is 4.79 Å². The van der Waals surface area contributed by atoms with Crippen LogP contribution in [-0.2, 0) is 6.42 Å². The maximum Gasteiger partial charge on any atom is 0.167 e. The normalized spacial score (nSPS) is 20.1. The molecule has 0 aliphatic heterocycles. The third-order valence-corrected chi connectivity index (χ3v) is 6.66. The second-order valence-electron chi connectivity index (χ2n) is 8.37. The first-order chi connectivity index (χ1) is 13.3. The smallest absolute Gasteiger partial charge is 0.167 e. The molecule has 0 bridgehead atoms. The van der Waals surface area contributed by atoms with Crippen molar-refractivity contribution in [3.05, 3.63) is 71.8 Å². The summed E-state index contributed by atoms with van der Waals surface area (Å²) in [5.74, 6) is 1.33. The van der Waals surface area contributed by atoms with Crippen LogP contribution in [0.2, 0.25) is 0 Å². The Balaban J connectivity index is 1.53. The maximum absolute atomic E-state index is 13.4. The van der Waals surface area contributed by atoms with Crippen LogP contribution in [0.1, 0.15) is 54.4 Å². The van der Waals surface area contributed by atoms with Gasteiger partial charge in [0.1, 0.15) is 0 Å². The fourth-order valence-electron chi connectivity index (χ4n) is 5.32. The van der Waals surface area contributed by atoms with E-state index in [1.54, 1.807) is 0 Å². The number of hydrogen-bond donors (Lipinski definition) is 0. The molecule has 3 aromatic carbocycles. The SMILES string of the molecule is O=C1c2c(cccc2-c2cccc3ccccc23)CC1CC1CCCCC1. The van der Waals surface area contributed by atoms with Gasteiger partial charge < -0.3 is 0 Å². The molecule has 1 nitrogen and oxygen atoms in total. The second kappa shape index (κ2) is 6.96. The molecular weight excluding hydrogens is 328 g/mol. The highest BCUT2D eigenvalue weighted by atomic mass is 16.1. The molecule has 0 spiro atoms. The molecule has 136 valence electrons. The molecule has 5 rings (SSSR count). The standard InChI is InChI=1S/C26H26O/c27-26-21(16-18-8-2-1-3-9-18)17-20-12-7-15-24(25(20)26)23-14-6-11-19-10-4-5-13-22(19)23/h4-7,10-15,18,21H,1-3,8-9,16-17H2. The minimum absolute atomic E-state index is 0.194. The Kier molecular flexibility index (Phi) is 4.32. The van der Waals surface area contributed by atoms with Crippen molar-refractivity contribution >= 4 is 16.6 Å². The van der Waals surface area contributed by atoms with Crippen molar-refractivity contribution in [3.63, 3.8) is 0 Å². The molecule has 1 fully saturated rings. The largest absolute Gasteiger partial charge is 0.294 e. The van der Waals surface area contributed by atoms with Gasteiger partial charge in [0.25, 0.3) is 0 Å². The highest BCUT2D eigenvalue weighted by Crippen LogP contribution is 2.41. The fraction of sp³-hybridized carbons (Fsp3) is 0.346. The molecule has 1 heteroatoms. The van der Waals surface area contributed by atoms with Gasteiger partial charge in [-0.15, -0.1) is 0 Å². The first-order valence-corrected chi connectivity index (χ1v) is 10.5. The van der Waals surface area contributed by atoms with Crippen LogP contribution in [0.5, 0.6) is 0 Å². The van der Waals surface area contributed by atoms with Crippen molar-refractivity contribution in [1.82, 2.24) is 0 Å². The summed E-state index contributed by atoms with van der Waals surface area (Å²) in [5.41, 5.74) is 4.57. The number of carbonyl (C=O) groups excluding carboxylic acids is 1. The van der Waals surface area contributed by atoms with E-state index in [-0.39, 0.29) is 5.92 Å². The Bertz CT molecular complexity index is 989. The molecule has 0 aromatic heterocycles. The lowest BCUT2D eigenvalue weighted by molar-refractivity contribution is 0.0912. The Morgan fingerprint density at radius 2 is 1.52 bits per heavy atom. The highest BCUT2D eigenvalue weighted by Gasteiger charge is 2.34. The molecule has 0 amide bonds. The summed E-state index contributed by atoms with van der Waals surface area (Å²) in [4.78, 5) is 13.4. The molecule has 0 heterocycles. The molecular formula is C26H26O. The van der Waals surface area contributed by atoms with E-state index in [1.165, 1.54) is 54.0 Å². The summed E-state index contributed by atoms with van der Waals surface area (Å²) >= 11 is 0. The molecule has 1 unspecified atom stereocenters. The summed E-state index contributed by atoms with van der Waals surface area (Å²) < 4.78 is 0. The summed E-state index contributed by atoms with van der Waals surface area (Å²) in [6.07, 6.45) is 8.72. The predicted molar refractivity (Wildman–Crippen MR) is 112 cm³/mol. The van der Waals surface area contributed by atoms with E-state index in [0.29, 0.717) is 5.78 Å². The summed E-state index contributed by atoms with van der Waals surface area (Å²) in [5, 5.41) is 2.47. The third-order valence-electron chi connectivity index (χ3n) is 6.66. The number of ketones is 1. The van der Waals surface area contributed by atoms with Gasteiger partial charge in [0.05, 0.1) is 0 Å². The van der Waals surface area contributed by atoms with Crippen LogP contribution in [0.15, 0.2) is 60.7 Å². The monoisotopic (exact) mass is 354 g/mol. The summed E-state index contributed by atoms with van der Waals surface area (Å²) in [7, 11) is 0. The van der Waals surface area contributed by atoms with E-state index >= 15 is 0 Å². The lowest BCUT2D eigenvalue weighted by Crippen LogP contribution is -2.17. The third kappa shape index (κ3) is 3.00. The van der Waals surface area contributed by atoms with E-state index in [1.807, 2.05) is 0 Å². The lowest BCUT2D eigenvalue weighted by atomic mass is 9.81. The van der Waals surface area contributed by atoms with Crippen LogP contribution in [0.3, 0.4) is 0 Å². The maximum atomic E-state index is 13.4. The average molecular weight is 354 g/mol. The van der Waals surface area contributed by atoms with Crippen LogP contribution in [0, 0.1) is 11.8 Å². The van der Waals surface area contributed by atoms with Gasteiger partial charge in [-0.3, -0.25) is 4.79 Å². The molecule has 2 aliphatic carbocycles. The van der Waals surface area contributed by atoms with Crippen LogP contribution in [0.4, 0.5) is 0 Å². The van der Waals surface area contributed by atoms with Gasteiger partial charge in [0.2, 0.25) is 0 Å². The van der Waals surface area contributed by atoms with E-state index in [0.717, 1.165) is 29.9 Å². The molecule has 3 aromatic rings. The van der Waals surface area contributed by atoms with Crippen LogP contribution >= 0.6 is 0 Å². The first kappa shape index (κ1) is 16.7. The highest BCUT2D eigenvalue weighted by molar-refractivity contribution is 6.10. The minimum Gasteiger partial charge on any atom is -0.294 e. The number of fused-ring (bicyclic) bond motifs is 2. The van der Waals surface area contributed by atoms with Gasteiger partial charge in [0.15, 0.2) is 5.78 Å². The van der Waals surface area contributed by atoms with Crippen LogP contribution < -0.4 is 0 Å². The van der Waals surface area contributed by atoms with Gasteiger partial charge in [0, 0.05) is 11.5 Å². The molecule has 1 saturated carbocycles. The van der Waals surface area contributed by atoms with Crippen molar-refractivity contribution in [3.8, 4) is 11.1 Å². The number of benzene rings is 3. The minimum atomic E-state index is 0.194. The van der Waals surface area contributed by atoms with Gasteiger partial charge in [-0.1, -0.05) is 92.8 Å². The zero-order valence-corrected chi connectivity index (χ0v) is 15.8. The van der Waals surface area contributed by atoms with Gasteiger partial charge in [-0.25, -0.2) is 0 Å². The van der Waals surface area contributed by atoms with Crippen molar-refractivity contribution in [2.45, 2.75) is 44.9 Å². The predicted octanol–water partition coefficient (Wildman–Crippen LogP) is 6.83. The Hall–Kier alpha value is -2.41. The second-order valence-corrected chi connectivity index (χ2v) is 8.37. The fourth-order valence-corrected chi connectivity index (χ4v) is 5.32. The molecule has 0 radical (unpaired) electrons. The molecule has 1 atom stereocenters. The van der Waals surface area contributed by atoms with Gasteiger partial charge in [-0.2, -0.15) is 0 Å². The first-order valence-electron chi connectivity index (χ1n) is 10.5. The Morgan fingerprint density at radius 3 is 2.41 bits per heavy atom. The van der Waals surface area contributed by atoms with Gasteiger partial charge in [-0.05, 0) is 46.2 Å². The van der Waals surface area contributed by atoms with Gasteiger partial charge >= 0.3 is 0 Å². The molecule has 27 heavy (non-hydrogen) atoms. The van der Waals surface area contributed by atoms with Crippen molar-refractivity contribution in [1.29, 1.82) is 0 Å². The lowest BCUT2D eigenvalue weighted by Gasteiger charge is -2.23. The number of carbonyl (C=O) groups is 1. The molecule has 2 aliphatic rings. The van der Waals surface area contributed by atoms with Crippen molar-refractivity contribution in [2.24, 2.45) is 11.8 Å². The molecule has 0 N–H and O–H groups in total. The van der Waals surface area contributed by atoms with Crippen molar-refractivity contribution in [2.75, 3.05) is 0 Å². The Morgan fingerprint density at radius 1 is 0.778 bits per heavy atom. The van der Waals surface area contributed by atoms with Crippen LogP contribution in [0.25, 0.3) is 21.9 Å². The zero-order chi connectivity index (χ0) is 18.2. The number of hydrogen-bond acceptors (Lipinski definition) is 1. The Labute approximate surface area is 161 Å². The van der Waals surface area contributed by atoms with E-state index < -0.39 is 0 Å². The number of Topliss-reactive ketones (excluding diaryl/α,β-unsaturated/α-hetero) is 1. The van der Waals surface area contributed by atoms with Crippen molar-refractivity contribution < 1.29 is 4.79 Å². The van der Waals surface area contributed by atoms with Crippen LogP contribution in [-0.4, -0.2) is 5.78 Å². The summed E-state index contributed by atoms with van der Waals surface area (Å²) in [6, 6.07) is 21.3. The number of rotatable bonds is 3. The molecule has 0 saturated heterocycles. The van der Waals surface area contributed by atoms with E-state index in [4.69, 9.17) is 0 Å². The quantitative estimate of drug-likeness (QED) is 0.503. The summed E-state index contributed by atoms with van der Waals surface area (Å²) in [6.45, 7) is 0. The topological polar surface area (TPSA) is 17.1 Å². The average Bonchev–Trinajstić information content (AvgIpc) is 3.04. The van der Waals surface area contributed by atoms with E-state index in [2.05, 4.69) is 60.7 Å².